The van der Waals surface area contributed by atoms with Crippen LogP contribution in [0.1, 0.15) is 60.8 Å². The van der Waals surface area contributed by atoms with E-state index >= 15 is 0 Å². The highest BCUT2D eigenvalue weighted by Crippen LogP contribution is 2.75. The van der Waals surface area contributed by atoms with Crippen LogP contribution in [-0.2, 0) is 21.7 Å². The molecule has 0 aromatic heterocycles. The van der Waals surface area contributed by atoms with Crippen LogP contribution < -0.4 is 0 Å². The molecule has 0 radical (unpaired) electrons. The van der Waals surface area contributed by atoms with Gasteiger partial charge in [0.15, 0.2) is 23.0 Å². The van der Waals surface area contributed by atoms with E-state index in [0.717, 1.165) is 0 Å². The van der Waals surface area contributed by atoms with Crippen LogP contribution in [0.4, 0.5) is 22.7 Å². The number of nitro groups is 4. The Morgan fingerprint density at radius 1 is 0.380 bits per heavy atom. The summed E-state index contributed by atoms with van der Waals surface area (Å²) in [6, 6.07) is 16.2. The number of hydrogen-bond donors (Lipinski definition) is 4. The van der Waals surface area contributed by atoms with Crippen molar-refractivity contribution in [1.29, 1.82) is 0 Å². The highest BCUT2D eigenvalue weighted by atomic mass is 16.6. The Morgan fingerprint density at radius 2 is 0.560 bits per heavy atom. The highest BCUT2D eigenvalue weighted by Gasteiger charge is 2.70. The van der Waals surface area contributed by atoms with Crippen molar-refractivity contribution in [3.63, 3.8) is 0 Å². The van der Waals surface area contributed by atoms with Crippen LogP contribution in [0.25, 0.3) is 0 Å². The maximum atomic E-state index is 12.0. The van der Waals surface area contributed by atoms with E-state index in [1.54, 1.807) is 24.3 Å². The van der Waals surface area contributed by atoms with Gasteiger partial charge in [0, 0.05) is 24.3 Å². The molecule has 4 aromatic rings. The number of rotatable bonds is 8. The van der Waals surface area contributed by atoms with E-state index in [4.69, 9.17) is 0 Å². The van der Waals surface area contributed by atoms with Gasteiger partial charge in [-0.1, -0.05) is 24.3 Å². The average molecular weight is 685 g/mol. The van der Waals surface area contributed by atoms with Gasteiger partial charge in [0.1, 0.15) is 0 Å². The number of nitro benzene ring substituents is 4. The number of benzene rings is 4. The predicted molar refractivity (Wildman–Crippen MR) is 173 cm³/mol. The molecule has 4 fully saturated rings. The molecule has 0 heterocycles. The lowest BCUT2D eigenvalue weighted by Gasteiger charge is -2.71. The molecule has 0 atom stereocenters. The third kappa shape index (κ3) is 4.66. The second-order valence-electron chi connectivity index (χ2n) is 14.0. The summed E-state index contributed by atoms with van der Waals surface area (Å²) < 4.78 is 0. The lowest BCUT2D eigenvalue weighted by atomic mass is 9.32. The van der Waals surface area contributed by atoms with E-state index in [0.29, 0.717) is 22.3 Å². The molecule has 0 aliphatic heterocycles. The van der Waals surface area contributed by atoms with Crippen LogP contribution in [0, 0.1) is 40.5 Å². The molecular weight excluding hydrogens is 656 g/mol. The Hall–Kier alpha value is -6.32. The third-order valence-electron chi connectivity index (χ3n) is 11.2. The molecule has 16 heteroatoms. The molecule has 16 nitrogen and oxygen atoms in total. The molecular formula is C34H28N4O12. The largest absolute Gasteiger partial charge is 0.502 e. The Labute approximate surface area is 281 Å². The lowest BCUT2D eigenvalue weighted by molar-refractivity contribution is -0.386. The molecule has 4 aliphatic rings. The van der Waals surface area contributed by atoms with Gasteiger partial charge in [-0.25, -0.2) is 0 Å². The van der Waals surface area contributed by atoms with Crippen LogP contribution in [-0.4, -0.2) is 40.1 Å². The van der Waals surface area contributed by atoms with Crippen molar-refractivity contribution in [3.8, 4) is 23.0 Å². The first kappa shape index (κ1) is 32.2. The van der Waals surface area contributed by atoms with Gasteiger partial charge in [0.25, 0.3) is 0 Å². The van der Waals surface area contributed by atoms with Crippen molar-refractivity contribution < 1.29 is 40.1 Å². The monoisotopic (exact) mass is 684 g/mol. The summed E-state index contributed by atoms with van der Waals surface area (Å²) in [7, 11) is 0. The van der Waals surface area contributed by atoms with E-state index in [1.807, 2.05) is 0 Å². The molecule has 8 rings (SSSR count). The van der Waals surface area contributed by atoms with Gasteiger partial charge in [0.2, 0.25) is 0 Å². The second kappa shape index (κ2) is 10.6. The Kier molecular flexibility index (Phi) is 6.83. The number of aromatic hydroxyl groups is 4. The first-order valence-electron chi connectivity index (χ1n) is 15.4. The van der Waals surface area contributed by atoms with Crippen LogP contribution in [0.2, 0.25) is 0 Å². The van der Waals surface area contributed by atoms with Crippen LogP contribution in [0.3, 0.4) is 0 Å². The first-order valence-corrected chi connectivity index (χ1v) is 15.4. The van der Waals surface area contributed by atoms with Crippen molar-refractivity contribution >= 4 is 22.7 Å². The predicted octanol–water partition coefficient (Wildman–Crippen LogP) is 6.58. The summed E-state index contributed by atoms with van der Waals surface area (Å²) >= 11 is 0. The second-order valence-corrected chi connectivity index (χ2v) is 14.0. The number of nitrogens with zero attached hydrogens (tertiary/aromatic N) is 4. The standard InChI is InChI=1S/C34H28N4O12/c39-27-5-1-19(9-23(27)35(43)44)31-13-32(20-2-6-28(40)24(10-20)36(45)46)16-33(14-31,21-3-7-29(41)25(11-21)37(47)48)18-34(15-31,17-32)22-4-8-30(42)26(12-22)38(49)50/h1-12,39-42H,13-18H2. The summed E-state index contributed by atoms with van der Waals surface area (Å²) in [5.41, 5.74) is -4.48. The minimum Gasteiger partial charge on any atom is -0.502 e. The van der Waals surface area contributed by atoms with E-state index in [9.17, 15) is 60.9 Å². The van der Waals surface area contributed by atoms with Crippen molar-refractivity contribution in [2.75, 3.05) is 0 Å². The molecule has 0 amide bonds. The summed E-state index contributed by atoms with van der Waals surface area (Å²) in [5, 5.41) is 89.7. The molecule has 0 spiro atoms. The van der Waals surface area contributed by atoms with Crippen LogP contribution in [0.5, 0.6) is 23.0 Å². The average Bonchev–Trinajstić information content (AvgIpc) is 3.04. The van der Waals surface area contributed by atoms with Crippen molar-refractivity contribution in [2.24, 2.45) is 0 Å². The van der Waals surface area contributed by atoms with E-state index in [-0.39, 0.29) is 38.5 Å². The van der Waals surface area contributed by atoms with Crippen molar-refractivity contribution in [3.05, 3.63) is 136 Å². The molecule has 0 saturated heterocycles. The smallest absolute Gasteiger partial charge is 0.310 e. The molecule has 4 bridgehead atoms. The molecule has 50 heavy (non-hydrogen) atoms. The van der Waals surface area contributed by atoms with Gasteiger partial charge < -0.3 is 20.4 Å². The maximum absolute atomic E-state index is 12.0. The van der Waals surface area contributed by atoms with Gasteiger partial charge in [-0.2, -0.15) is 0 Å². The Balaban J connectivity index is 1.58. The fourth-order valence-electron chi connectivity index (χ4n) is 9.86. The molecule has 256 valence electrons. The molecule has 4 N–H and O–H groups in total. The number of phenols is 4. The first-order chi connectivity index (χ1) is 23.5. The fourth-order valence-corrected chi connectivity index (χ4v) is 9.86. The summed E-state index contributed by atoms with van der Waals surface area (Å²) in [4.78, 5) is 45.2. The van der Waals surface area contributed by atoms with Gasteiger partial charge in [-0.05, 0) is 107 Å². The van der Waals surface area contributed by atoms with Gasteiger partial charge in [-0.3, -0.25) is 40.5 Å². The van der Waals surface area contributed by atoms with E-state index in [1.165, 1.54) is 48.5 Å². The topological polar surface area (TPSA) is 253 Å². The minimum absolute atomic E-state index is 0.272. The van der Waals surface area contributed by atoms with Crippen molar-refractivity contribution in [2.45, 2.75) is 60.2 Å². The SMILES string of the molecule is O=[N+]([O-])c1cc(C23CC4(c5ccc(O)c([N+](=O)[O-])c5)CC(c5ccc(O)c([N+](=O)[O-])c5)(C2)CC(c2ccc(O)c([N+](=O)[O-])c2)(C3)C4)ccc1O. The summed E-state index contributed by atoms with van der Waals surface area (Å²) in [6.45, 7) is 0. The molecule has 4 saturated carbocycles. The summed E-state index contributed by atoms with van der Waals surface area (Å²) in [6.07, 6.45) is 1.63. The normalized spacial score (nSPS) is 26.4. The number of hydrogen-bond acceptors (Lipinski definition) is 12. The zero-order valence-corrected chi connectivity index (χ0v) is 26.0. The number of phenolic OH excluding ortho intramolecular Hbond substituents is 4. The van der Waals surface area contributed by atoms with E-state index in [2.05, 4.69) is 0 Å². The Morgan fingerprint density at radius 3 is 0.720 bits per heavy atom. The van der Waals surface area contributed by atoms with Crippen LogP contribution in [0.15, 0.2) is 72.8 Å². The zero-order chi connectivity index (χ0) is 36.0. The Bertz CT molecular complexity index is 1840. The van der Waals surface area contributed by atoms with Crippen molar-refractivity contribution in [1.82, 2.24) is 0 Å². The van der Waals surface area contributed by atoms with E-state index < -0.39 is 87.1 Å². The lowest BCUT2D eigenvalue weighted by Crippen LogP contribution is -2.67. The summed E-state index contributed by atoms with van der Waals surface area (Å²) in [5.74, 6) is -2.28. The highest BCUT2D eigenvalue weighted by molar-refractivity contribution is 5.59. The van der Waals surface area contributed by atoms with Gasteiger partial charge >= 0.3 is 22.7 Å². The van der Waals surface area contributed by atoms with Gasteiger partial charge in [-0.15, -0.1) is 0 Å². The zero-order valence-electron chi connectivity index (χ0n) is 26.0. The molecule has 0 unspecified atom stereocenters. The van der Waals surface area contributed by atoms with Crippen LogP contribution >= 0.6 is 0 Å². The minimum atomic E-state index is -1.01. The fraction of sp³-hybridized carbons (Fsp3) is 0.294. The third-order valence-corrected chi connectivity index (χ3v) is 11.2. The molecule has 4 aliphatic carbocycles. The quantitative estimate of drug-likeness (QED) is 0.113. The molecule has 4 aromatic carbocycles. The maximum Gasteiger partial charge on any atom is 0.310 e. The van der Waals surface area contributed by atoms with Gasteiger partial charge in [0.05, 0.1) is 19.7 Å².